The fourth-order valence-electron chi connectivity index (χ4n) is 2.43. The number of amides is 3. The van der Waals surface area contributed by atoms with Crippen molar-refractivity contribution < 1.29 is 19.1 Å². The van der Waals surface area contributed by atoms with Crippen molar-refractivity contribution in [3.63, 3.8) is 0 Å². The molecule has 0 fully saturated rings. The Morgan fingerprint density at radius 1 is 0.964 bits per heavy atom. The number of benzene rings is 2. The first kappa shape index (κ1) is 20.8. The number of methoxy groups -OCH3 is 2. The maximum absolute atomic E-state index is 12.4. The Morgan fingerprint density at radius 2 is 1.64 bits per heavy atom. The summed E-state index contributed by atoms with van der Waals surface area (Å²) < 4.78 is 10.5. The molecule has 0 radical (unpaired) electrons. The van der Waals surface area contributed by atoms with Crippen LogP contribution in [0.3, 0.4) is 0 Å². The molecule has 0 saturated heterocycles. The summed E-state index contributed by atoms with van der Waals surface area (Å²) >= 11 is 0. The molecule has 0 aliphatic carbocycles. The van der Waals surface area contributed by atoms with Crippen LogP contribution in [0.1, 0.15) is 19.4 Å². The molecule has 0 aromatic heterocycles. The summed E-state index contributed by atoms with van der Waals surface area (Å²) in [4.78, 5) is 24.3. The van der Waals surface area contributed by atoms with Gasteiger partial charge >= 0.3 is 6.03 Å². The van der Waals surface area contributed by atoms with Crippen LogP contribution >= 0.6 is 0 Å². The average Bonchev–Trinajstić information content (AvgIpc) is 2.67. The monoisotopic (exact) mass is 383 g/mol. The third-order valence-electron chi connectivity index (χ3n) is 3.70. The first-order chi connectivity index (χ1) is 13.4. The van der Waals surface area contributed by atoms with Gasteiger partial charge in [-0.3, -0.25) is 4.79 Å². The number of nitrogens with one attached hydrogen (secondary N) is 3. The number of urea groups is 1. The van der Waals surface area contributed by atoms with Gasteiger partial charge in [0.1, 0.15) is 11.5 Å². The quantitative estimate of drug-likeness (QED) is 0.633. The number of carbonyl (C=O) groups excluding carboxylic acids is 2. The zero-order valence-electron chi connectivity index (χ0n) is 16.4. The highest BCUT2D eigenvalue weighted by Crippen LogP contribution is 2.25. The van der Waals surface area contributed by atoms with Crippen molar-refractivity contribution in [2.75, 3.05) is 24.9 Å². The Balaban J connectivity index is 2.11. The van der Waals surface area contributed by atoms with Gasteiger partial charge in [-0.25, -0.2) is 4.79 Å². The maximum Gasteiger partial charge on any atom is 0.319 e. The standard InChI is InChI=1S/C21H25N3O4/c1-14(2)22-21(26)24-18-8-6-5-7-17(18)23-20(25)12-9-15-13-16(27-3)10-11-19(15)28-4/h5-14H,1-4H3,(H,23,25)(H2,22,24,26). The normalized spacial score (nSPS) is 10.6. The van der Waals surface area contributed by atoms with Crippen LogP contribution in [0.15, 0.2) is 48.5 Å². The molecular formula is C21H25N3O4. The highest BCUT2D eigenvalue weighted by atomic mass is 16.5. The second kappa shape index (κ2) is 10.0. The fraction of sp³-hybridized carbons (Fsp3) is 0.238. The van der Waals surface area contributed by atoms with Gasteiger partial charge in [0.05, 0.1) is 25.6 Å². The van der Waals surface area contributed by atoms with E-state index in [-0.39, 0.29) is 18.0 Å². The van der Waals surface area contributed by atoms with E-state index in [1.165, 1.54) is 6.08 Å². The van der Waals surface area contributed by atoms with E-state index in [1.807, 2.05) is 13.8 Å². The van der Waals surface area contributed by atoms with Crippen molar-refractivity contribution in [3.05, 3.63) is 54.1 Å². The van der Waals surface area contributed by atoms with Gasteiger partial charge in [-0.1, -0.05) is 12.1 Å². The summed E-state index contributed by atoms with van der Waals surface area (Å²) in [5.74, 6) is 0.937. The Kier molecular flexibility index (Phi) is 7.45. The smallest absolute Gasteiger partial charge is 0.319 e. The van der Waals surface area contributed by atoms with E-state index in [0.29, 0.717) is 28.4 Å². The molecule has 28 heavy (non-hydrogen) atoms. The summed E-state index contributed by atoms with van der Waals surface area (Å²) in [6, 6.07) is 12.0. The molecule has 3 N–H and O–H groups in total. The maximum atomic E-state index is 12.4. The molecular weight excluding hydrogens is 358 g/mol. The Labute approximate surface area is 164 Å². The average molecular weight is 383 g/mol. The largest absolute Gasteiger partial charge is 0.497 e. The third-order valence-corrected chi connectivity index (χ3v) is 3.70. The first-order valence-electron chi connectivity index (χ1n) is 8.80. The zero-order valence-corrected chi connectivity index (χ0v) is 16.4. The van der Waals surface area contributed by atoms with Gasteiger partial charge in [-0.15, -0.1) is 0 Å². The van der Waals surface area contributed by atoms with Gasteiger partial charge in [-0.05, 0) is 50.3 Å². The summed E-state index contributed by atoms with van der Waals surface area (Å²) in [6.07, 6.45) is 3.03. The number of rotatable bonds is 7. The molecule has 0 saturated carbocycles. The molecule has 0 bridgehead atoms. The fourth-order valence-corrected chi connectivity index (χ4v) is 2.43. The number of hydrogen-bond acceptors (Lipinski definition) is 4. The lowest BCUT2D eigenvalue weighted by Crippen LogP contribution is -2.34. The number of ether oxygens (including phenoxy) is 2. The number of hydrogen-bond donors (Lipinski definition) is 3. The lowest BCUT2D eigenvalue weighted by molar-refractivity contribution is -0.111. The summed E-state index contributed by atoms with van der Waals surface area (Å²) in [5.41, 5.74) is 1.70. The number of carbonyl (C=O) groups is 2. The predicted octanol–water partition coefficient (Wildman–Crippen LogP) is 3.89. The molecule has 0 spiro atoms. The second-order valence-electron chi connectivity index (χ2n) is 6.23. The van der Waals surface area contributed by atoms with Crippen LogP contribution in [0.5, 0.6) is 11.5 Å². The van der Waals surface area contributed by atoms with E-state index in [0.717, 1.165) is 0 Å². The number of anilines is 2. The minimum absolute atomic E-state index is 0.00234. The van der Waals surface area contributed by atoms with Crippen molar-refractivity contribution in [3.8, 4) is 11.5 Å². The summed E-state index contributed by atoms with van der Waals surface area (Å²) in [7, 11) is 3.13. The molecule has 2 rings (SSSR count). The van der Waals surface area contributed by atoms with Crippen molar-refractivity contribution >= 4 is 29.4 Å². The molecule has 148 valence electrons. The molecule has 0 unspecified atom stereocenters. The van der Waals surface area contributed by atoms with E-state index in [2.05, 4.69) is 16.0 Å². The van der Waals surface area contributed by atoms with Crippen molar-refractivity contribution in [1.82, 2.24) is 5.32 Å². The Bertz CT molecular complexity index is 862. The molecule has 0 atom stereocenters. The van der Waals surface area contributed by atoms with Crippen LogP contribution in [-0.2, 0) is 4.79 Å². The minimum atomic E-state index is -0.344. The van der Waals surface area contributed by atoms with Gasteiger partial charge in [0.25, 0.3) is 0 Å². The van der Waals surface area contributed by atoms with Crippen LogP contribution in [0.25, 0.3) is 6.08 Å². The van der Waals surface area contributed by atoms with E-state index in [4.69, 9.17) is 9.47 Å². The van der Waals surface area contributed by atoms with Gasteiger partial charge < -0.3 is 25.4 Å². The molecule has 3 amide bonds. The highest BCUT2D eigenvalue weighted by Gasteiger charge is 2.09. The van der Waals surface area contributed by atoms with Crippen LogP contribution in [0.4, 0.5) is 16.2 Å². The summed E-state index contributed by atoms with van der Waals surface area (Å²) in [6.45, 7) is 3.73. The molecule has 2 aromatic rings. The van der Waals surface area contributed by atoms with Crippen molar-refractivity contribution in [2.24, 2.45) is 0 Å². The van der Waals surface area contributed by atoms with Gasteiger partial charge in [-0.2, -0.15) is 0 Å². The van der Waals surface area contributed by atoms with E-state index in [9.17, 15) is 9.59 Å². The van der Waals surface area contributed by atoms with E-state index < -0.39 is 0 Å². The van der Waals surface area contributed by atoms with Crippen LogP contribution in [0, 0.1) is 0 Å². The van der Waals surface area contributed by atoms with Crippen LogP contribution < -0.4 is 25.4 Å². The molecule has 2 aromatic carbocycles. The Hall–Kier alpha value is -3.48. The van der Waals surface area contributed by atoms with E-state index in [1.54, 1.807) is 62.8 Å². The third kappa shape index (κ3) is 6.05. The SMILES string of the molecule is COc1ccc(OC)c(C=CC(=O)Nc2ccccc2NC(=O)NC(C)C)c1. The molecule has 7 nitrogen and oxygen atoms in total. The number of para-hydroxylation sites is 2. The van der Waals surface area contributed by atoms with Crippen molar-refractivity contribution in [1.29, 1.82) is 0 Å². The molecule has 0 aliphatic heterocycles. The van der Waals surface area contributed by atoms with Crippen molar-refractivity contribution in [2.45, 2.75) is 19.9 Å². The van der Waals surface area contributed by atoms with E-state index >= 15 is 0 Å². The van der Waals surface area contributed by atoms with Crippen LogP contribution in [-0.4, -0.2) is 32.2 Å². The Morgan fingerprint density at radius 3 is 2.25 bits per heavy atom. The predicted molar refractivity (Wildman–Crippen MR) is 111 cm³/mol. The molecule has 0 aliphatic rings. The first-order valence-corrected chi connectivity index (χ1v) is 8.80. The highest BCUT2D eigenvalue weighted by molar-refractivity contribution is 6.05. The molecule has 7 heteroatoms. The van der Waals surface area contributed by atoms with Gasteiger partial charge in [0.15, 0.2) is 0 Å². The van der Waals surface area contributed by atoms with Gasteiger partial charge in [0, 0.05) is 17.7 Å². The molecule has 0 heterocycles. The topological polar surface area (TPSA) is 88.7 Å². The minimum Gasteiger partial charge on any atom is -0.497 e. The lowest BCUT2D eigenvalue weighted by atomic mass is 10.1. The lowest BCUT2D eigenvalue weighted by Gasteiger charge is -2.13. The van der Waals surface area contributed by atoms with Gasteiger partial charge in [0.2, 0.25) is 5.91 Å². The second-order valence-corrected chi connectivity index (χ2v) is 6.23. The van der Waals surface area contributed by atoms with Crippen LogP contribution in [0.2, 0.25) is 0 Å². The summed E-state index contributed by atoms with van der Waals surface area (Å²) in [5, 5.41) is 8.23. The zero-order chi connectivity index (χ0) is 20.5.